The van der Waals surface area contributed by atoms with Crippen LogP contribution in [0, 0.1) is 6.92 Å². The van der Waals surface area contributed by atoms with Crippen molar-refractivity contribution in [2.75, 3.05) is 10.7 Å². The molecule has 0 spiro atoms. The summed E-state index contributed by atoms with van der Waals surface area (Å²) in [7, 11) is 0. The minimum atomic E-state index is 0.543. The van der Waals surface area contributed by atoms with Crippen LogP contribution in [0.5, 0.6) is 0 Å². The summed E-state index contributed by atoms with van der Waals surface area (Å²) in [6.45, 7) is 2.02. The lowest BCUT2D eigenvalue weighted by molar-refractivity contribution is 0.744. The average molecular weight is 247 g/mol. The maximum Gasteiger partial charge on any atom is 0.148 e. The zero-order valence-electron chi connectivity index (χ0n) is 10.9. The number of nitrogens with one attached hydrogen (secondary N) is 2. The minimum absolute atomic E-state index is 0.543. The first kappa shape index (κ1) is 11.7. The molecule has 2 saturated carbocycles. The molecule has 2 fully saturated rings. The zero-order chi connectivity index (χ0) is 12.5. The molecule has 5 heteroatoms. The Morgan fingerprint density at radius 2 is 1.72 bits per heavy atom. The smallest absolute Gasteiger partial charge is 0.148 e. The molecule has 98 valence electrons. The van der Waals surface area contributed by atoms with Crippen molar-refractivity contribution < 1.29 is 0 Å². The predicted molar refractivity (Wildman–Crippen MR) is 72.4 cm³/mol. The molecule has 0 saturated heterocycles. The topological polar surface area (TPSA) is 75.9 Å². The number of rotatable bonds is 4. The van der Waals surface area contributed by atoms with E-state index in [2.05, 4.69) is 20.7 Å². The molecule has 0 aromatic carbocycles. The van der Waals surface area contributed by atoms with Crippen molar-refractivity contribution >= 4 is 11.6 Å². The molecule has 1 aromatic heterocycles. The number of hydrogen-bond acceptors (Lipinski definition) is 5. The maximum absolute atomic E-state index is 5.55. The summed E-state index contributed by atoms with van der Waals surface area (Å²) >= 11 is 0. The van der Waals surface area contributed by atoms with Crippen molar-refractivity contribution in [3.05, 3.63) is 11.4 Å². The highest BCUT2D eigenvalue weighted by Gasteiger charge is 2.28. The fourth-order valence-corrected chi connectivity index (χ4v) is 2.60. The van der Waals surface area contributed by atoms with E-state index in [9.17, 15) is 0 Å². The number of anilines is 2. The van der Waals surface area contributed by atoms with Gasteiger partial charge in [-0.3, -0.25) is 0 Å². The number of aromatic nitrogens is 2. The summed E-state index contributed by atoms with van der Waals surface area (Å²) in [5.74, 6) is 8.75. The fraction of sp³-hybridized carbons (Fsp3) is 0.692. The second kappa shape index (κ2) is 4.72. The molecule has 0 radical (unpaired) electrons. The summed E-state index contributed by atoms with van der Waals surface area (Å²) in [6.07, 6.45) is 7.53. The fourth-order valence-electron chi connectivity index (χ4n) is 2.60. The molecule has 0 unspecified atom stereocenters. The monoisotopic (exact) mass is 247 g/mol. The van der Waals surface area contributed by atoms with Gasteiger partial charge in [0.1, 0.15) is 17.5 Å². The molecule has 1 heterocycles. The van der Waals surface area contributed by atoms with Gasteiger partial charge in [-0.2, -0.15) is 0 Å². The SMILES string of the molecule is Cc1c(NN)nc(C2CC2)nc1NC1CCCC1. The molecule has 5 nitrogen and oxygen atoms in total. The Morgan fingerprint density at radius 1 is 1.06 bits per heavy atom. The molecule has 4 N–H and O–H groups in total. The molecular formula is C13H21N5. The second-order valence-electron chi connectivity index (χ2n) is 5.45. The van der Waals surface area contributed by atoms with E-state index in [4.69, 9.17) is 5.84 Å². The number of nitrogen functional groups attached to an aromatic ring is 1. The van der Waals surface area contributed by atoms with E-state index in [1.54, 1.807) is 0 Å². The first-order chi connectivity index (χ1) is 8.78. The Morgan fingerprint density at radius 3 is 2.33 bits per heavy atom. The largest absolute Gasteiger partial charge is 0.367 e. The highest BCUT2D eigenvalue weighted by Crippen LogP contribution is 2.39. The van der Waals surface area contributed by atoms with Crippen LogP contribution in [0.4, 0.5) is 11.6 Å². The summed E-state index contributed by atoms with van der Waals surface area (Å²) in [5.41, 5.74) is 3.71. The van der Waals surface area contributed by atoms with Crippen LogP contribution in [-0.2, 0) is 0 Å². The summed E-state index contributed by atoms with van der Waals surface area (Å²) in [4.78, 5) is 9.19. The van der Waals surface area contributed by atoms with Crippen LogP contribution in [-0.4, -0.2) is 16.0 Å². The van der Waals surface area contributed by atoms with Gasteiger partial charge in [-0.15, -0.1) is 0 Å². The quantitative estimate of drug-likeness (QED) is 0.562. The van der Waals surface area contributed by atoms with Gasteiger partial charge in [0.2, 0.25) is 0 Å². The van der Waals surface area contributed by atoms with Gasteiger partial charge in [0.25, 0.3) is 0 Å². The third-order valence-electron chi connectivity index (χ3n) is 3.94. The molecule has 0 amide bonds. The van der Waals surface area contributed by atoms with Crippen LogP contribution in [0.1, 0.15) is 55.8 Å². The molecule has 18 heavy (non-hydrogen) atoms. The van der Waals surface area contributed by atoms with Gasteiger partial charge in [-0.05, 0) is 32.6 Å². The summed E-state index contributed by atoms with van der Waals surface area (Å²) in [6, 6.07) is 0.566. The Bertz CT molecular complexity index is 435. The second-order valence-corrected chi connectivity index (χ2v) is 5.45. The van der Waals surface area contributed by atoms with Gasteiger partial charge in [-0.1, -0.05) is 12.8 Å². The third kappa shape index (κ3) is 2.27. The Hall–Kier alpha value is -1.36. The number of nitrogens with two attached hydrogens (primary N) is 1. The van der Waals surface area contributed by atoms with Crippen LogP contribution in [0.15, 0.2) is 0 Å². The molecule has 3 rings (SSSR count). The average Bonchev–Trinajstić information content (AvgIpc) is 3.11. The van der Waals surface area contributed by atoms with E-state index >= 15 is 0 Å². The first-order valence-corrected chi connectivity index (χ1v) is 6.89. The van der Waals surface area contributed by atoms with Crippen LogP contribution in [0.2, 0.25) is 0 Å². The van der Waals surface area contributed by atoms with Crippen molar-refractivity contribution in [2.45, 2.75) is 57.4 Å². The predicted octanol–water partition coefficient (Wildman–Crippen LogP) is 2.30. The number of hydrogen-bond donors (Lipinski definition) is 3. The maximum atomic E-state index is 5.55. The van der Waals surface area contributed by atoms with E-state index in [-0.39, 0.29) is 0 Å². The van der Waals surface area contributed by atoms with Gasteiger partial charge in [0.15, 0.2) is 0 Å². The Kier molecular flexibility index (Phi) is 3.07. The van der Waals surface area contributed by atoms with Crippen LogP contribution >= 0.6 is 0 Å². The van der Waals surface area contributed by atoms with Crippen molar-refractivity contribution in [1.29, 1.82) is 0 Å². The van der Waals surface area contributed by atoms with Gasteiger partial charge in [0.05, 0.1) is 0 Å². The zero-order valence-corrected chi connectivity index (χ0v) is 10.9. The Balaban J connectivity index is 1.87. The third-order valence-corrected chi connectivity index (χ3v) is 3.94. The van der Waals surface area contributed by atoms with Crippen molar-refractivity contribution in [3.63, 3.8) is 0 Å². The molecule has 1 aromatic rings. The van der Waals surface area contributed by atoms with Gasteiger partial charge >= 0.3 is 0 Å². The normalized spacial score (nSPS) is 20.1. The lowest BCUT2D eigenvalue weighted by Gasteiger charge is -2.17. The molecular weight excluding hydrogens is 226 g/mol. The highest BCUT2D eigenvalue weighted by atomic mass is 15.3. The van der Waals surface area contributed by atoms with Crippen LogP contribution < -0.4 is 16.6 Å². The van der Waals surface area contributed by atoms with Gasteiger partial charge in [0, 0.05) is 17.5 Å². The number of hydrazine groups is 1. The summed E-state index contributed by atoms with van der Waals surface area (Å²) < 4.78 is 0. The molecule has 0 bridgehead atoms. The molecule has 0 aliphatic heterocycles. The molecule has 0 atom stereocenters. The standard InChI is InChI=1S/C13H21N5/c1-8-11(15-10-4-2-3-5-10)16-13(9-6-7-9)17-12(8)18-14/h9-10H,2-7,14H2,1H3,(H2,15,16,17,18). The van der Waals surface area contributed by atoms with E-state index in [1.165, 1.54) is 38.5 Å². The van der Waals surface area contributed by atoms with Gasteiger partial charge < -0.3 is 10.7 Å². The van der Waals surface area contributed by atoms with E-state index in [1.807, 2.05) is 6.92 Å². The molecule has 2 aliphatic carbocycles. The first-order valence-electron chi connectivity index (χ1n) is 6.89. The lowest BCUT2D eigenvalue weighted by Crippen LogP contribution is -2.19. The molecule has 2 aliphatic rings. The summed E-state index contributed by atoms with van der Waals surface area (Å²) in [5, 5.41) is 3.56. The van der Waals surface area contributed by atoms with Crippen LogP contribution in [0.25, 0.3) is 0 Å². The van der Waals surface area contributed by atoms with Crippen LogP contribution in [0.3, 0.4) is 0 Å². The lowest BCUT2D eigenvalue weighted by atomic mass is 10.2. The highest BCUT2D eigenvalue weighted by molar-refractivity contribution is 5.57. The van der Waals surface area contributed by atoms with Gasteiger partial charge in [-0.25, -0.2) is 15.8 Å². The van der Waals surface area contributed by atoms with Crippen molar-refractivity contribution in [3.8, 4) is 0 Å². The Labute approximate surface area is 108 Å². The number of nitrogens with zero attached hydrogens (tertiary/aromatic N) is 2. The van der Waals surface area contributed by atoms with E-state index in [0.717, 1.165) is 23.0 Å². The van der Waals surface area contributed by atoms with Crippen molar-refractivity contribution in [2.24, 2.45) is 5.84 Å². The van der Waals surface area contributed by atoms with E-state index in [0.29, 0.717) is 12.0 Å². The minimum Gasteiger partial charge on any atom is -0.367 e. The van der Waals surface area contributed by atoms with Crippen molar-refractivity contribution in [1.82, 2.24) is 9.97 Å². The van der Waals surface area contributed by atoms with E-state index < -0.39 is 0 Å².